The highest BCUT2D eigenvalue weighted by atomic mass is 19.3. The number of alkyl halides is 2. The van der Waals surface area contributed by atoms with Crippen LogP contribution in [0.25, 0.3) is 11.4 Å². The second kappa shape index (κ2) is 7.59. The van der Waals surface area contributed by atoms with Crippen LogP contribution >= 0.6 is 0 Å². The van der Waals surface area contributed by atoms with E-state index in [2.05, 4.69) is 30.6 Å². The van der Waals surface area contributed by atoms with Crippen molar-refractivity contribution < 1.29 is 18.0 Å². The van der Waals surface area contributed by atoms with E-state index in [0.29, 0.717) is 16.9 Å². The fourth-order valence-corrected chi connectivity index (χ4v) is 2.34. The Kier molecular flexibility index (Phi) is 5.21. The van der Waals surface area contributed by atoms with Gasteiger partial charge in [0.15, 0.2) is 11.6 Å². The first-order chi connectivity index (χ1) is 13.2. The minimum absolute atomic E-state index is 0.167. The Morgan fingerprint density at radius 2 is 1.79 bits per heavy atom. The molecule has 0 saturated carbocycles. The van der Waals surface area contributed by atoms with Gasteiger partial charge in [-0.05, 0) is 12.1 Å². The number of hydrogen-bond donors (Lipinski definition) is 2. The van der Waals surface area contributed by atoms with Gasteiger partial charge in [0, 0.05) is 38.0 Å². The summed E-state index contributed by atoms with van der Waals surface area (Å²) < 4.78 is 40.3. The van der Waals surface area contributed by atoms with E-state index in [0.717, 1.165) is 19.3 Å². The molecule has 0 aliphatic carbocycles. The maximum atomic E-state index is 13.6. The van der Waals surface area contributed by atoms with E-state index in [1.54, 1.807) is 0 Å². The summed E-state index contributed by atoms with van der Waals surface area (Å²) in [4.78, 5) is 26.9. The summed E-state index contributed by atoms with van der Waals surface area (Å²) in [6, 6.07) is 4.20. The summed E-state index contributed by atoms with van der Waals surface area (Å²) in [5.74, 6) is -3.65. The normalized spacial score (nSPS) is 11.2. The lowest BCUT2D eigenvalue weighted by Crippen LogP contribution is -2.10. The second-order valence-electron chi connectivity index (χ2n) is 5.96. The van der Waals surface area contributed by atoms with Crippen LogP contribution in [0.5, 0.6) is 0 Å². The molecule has 1 amide bonds. The van der Waals surface area contributed by atoms with E-state index in [1.807, 2.05) is 0 Å². The summed E-state index contributed by atoms with van der Waals surface area (Å²) >= 11 is 0. The van der Waals surface area contributed by atoms with Gasteiger partial charge in [0.2, 0.25) is 5.91 Å². The number of pyridine rings is 2. The fourth-order valence-electron chi connectivity index (χ4n) is 2.34. The Morgan fingerprint density at radius 1 is 1.07 bits per heavy atom. The molecule has 2 N–H and O–H groups in total. The Bertz CT molecular complexity index is 1000. The molecule has 0 aromatic carbocycles. The highest BCUT2D eigenvalue weighted by Gasteiger charge is 2.26. The molecule has 0 atom stereocenters. The lowest BCUT2D eigenvalue weighted by Gasteiger charge is -2.15. The zero-order valence-electron chi connectivity index (χ0n) is 14.9. The number of amides is 1. The van der Waals surface area contributed by atoms with E-state index in [-0.39, 0.29) is 17.5 Å². The first kappa shape index (κ1) is 19.2. The lowest BCUT2D eigenvalue weighted by molar-refractivity contribution is -0.114. The molecule has 10 heteroatoms. The molecule has 0 radical (unpaired) electrons. The third kappa shape index (κ3) is 4.58. The number of rotatable bonds is 5. The van der Waals surface area contributed by atoms with Crippen LogP contribution in [0.15, 0.2) is 43.0 Å². The van der Waals surface area contributed by atoms with Gasteiger partial charge in [0.25, 0.3) is 5.92 Å². The molecule has 0 fully saturated rings. The van der Waals surface area contributed by atoms with Crippen LogP contribution in [0, 0.1) is 5.82 Å². The van der Waals surface area contributed by atoms with Crippen molar-refractivity contribution in [2.45, 2.75) is 19.8 Å². The highest BCUT2D eigenvalue weighted by molar-refractivity contribution is 5.89. The fraction of sp³-hybridized carbons (Fsp3) is 0.167. The minimum Gasteiger partial charge on any atom is -0.355 e. The molecule has 144 valence electrons. The summed E-state index contributed by atoms with van der Waals surface area (Å²) in [7, 11) is 0. The van der Waals surface area contributed by atoms with Crippen molar-refractivity contribution in [3.63, 3.8) is 0 Å². The van der Waals surface area contributed by atoms with Gasteiger partial charge >= 0.3 is 0 Å². The van der Waals surface area contributed by atoms with Crippen LogP contribution in [-0.2, 0) is 10.7 Å². The van der Waals surface area contributed by atoms with Gasteiger partial charge in [-0.3, -0.25) is 9.78 Å². The largest absolute Gasteiger partial charge is 0.355 e. The van der Waals surface area contributed by atoms with Crippen molar-refractivity contribution in [3.8, 4) is 11.4 Å². The molecular formula is C18H15F3N6O. The van der Waals surface area contributed by atoms with Gasteiger partial charge in [0.05, 0.1) is 23.6 Å². The van der Waals surface area contributed by atoms with Crippen LogP contribution in [0.4, 0.5) is 30.4 Å². The number of nitrogens with one attached hydrogen (secondary N) is 2. The maximum Gasteiger partial charge on any atom is 0.287 e. The van der Waals surface area contributed by atoms with Crippen LogP contribution in [0.1, 0.15) is 19.5 Å². The maximum absolute atomic E-state index is 13.6. The van der Waals surface area contributed by atoms with Gasteiger partial charge in [-0.25, -0.2) is 19.3 Å². The number of nitrogens with zero attached hydrogens (tertiary/aromatic N) is 4. The average molecular weight is 388 g/mol. The van der Waals surface area contributed by atoms with Crippen molar-refractivity contribution in [2.24, 2.45) is 0 Å². The van der Waals surface area contributed by atoms with Crippen molar-refractivity contribution in [1.29, 1.82) is 0 Å². The Hall–Kier alpha value is -3.56. The molecule has 3 aromatic heterocycles. The van der Waals surface area contributed by atoms with Gasteiger partial charge in [-0.1, -0.05) is 0 Å². The summed E-state index contributed by atoms with van der Waals surface area (Å²) in [5, 5.41) is 5.50. The number of aromatic nitrogens is 4. The molecule has 3 rings (SSSR count). The summed E-state index contributed by atoms with van der Waals surface area (Å²) in [6.07, 6.45) is 4.63. The number of carbonyl (C=O) groups excluding carboxylic acids is 1. The van der Waals surface area contributed by atoms with Crippen molar-refractivity contribution in [2.75, 3.05) is 10.6 Å². The lowest BCUT2D eigenvalue weighted by atomic mass is 10.2. The first-order valence-corrected chi connectivity index (χ1v) is 8.09. The number of hydrogen-bond acceptors (Lipinski definition) is 6. The van der Waals surface area contributed by atoms with E-state index in [1.165, 1.54) is 37.5 Å². The molecule has 0 saturated heterocycles. The third-order valence-corrected chi connectivity index (χ3v) is 3.56. The van der Waals surface area contributed by atoms with Crippen molar-refractivity contribution in [1.82, 2.24) is 19.9 Å². The van der Waals surface area contributed by atoms with Crippen molar-refractivity contribution in [3.05, 3.63) is 54.5 Å². The average Bonchev–Trinajstić information content (AvgIpc) is 2.62. The summed E-state index contributed by atoms with van der Waals surface area (Å²) in [5.41, 5.74) is 0.681. The quantitative estimate of drug-likeness (QED) is 0.689. The van der Waals surface area contributed by atoms with E-state index in [4.69, 9.17) is 0 Å². The van der Waals surface area contributed by atoms with Crippen molar-refractivity contribution >= 4 is 23.1 Å². The standard InChI is InChI=1S/C18H15F3N6O/c1-10(28)26-16-6-14(13(9-23-16)17-24-7-11(19)8-25-17)27-12-3-4-22-15(5-12)18(2,20)21/h3-9H,1-2H3,(H2,22,23,26,27,28). The van der Waals surface area contributed by atoms with Crippen LogP contribution in [0.3, 0.4) is 0 Å². The predicted molar refractivity (Wildman–Crippen MR) is 96.6 cm³/mol. The van der Waals surface area contributed by atoms with E-state index < -0.39 is 17.4 Å². The van der Waals surface area contributed by atoms with Crippen LogP contribution in [0.2, 0.25) is 0 Å². The molecule has 0 aliphatic rings. The zero-order chi connectivity index (χ0) is 20.3. The Labute approximate surface area is 158 Å². The predicted octanol–water partition coefficient (Wildman–Crippen LogP) is 3.89. The molecule has 0 bridgehead atoms. The first-order valence-electron chi connectivity index (χ1n) is 8.09. The van der Waals surface area contributed by atoms with Gasteiger partial charge in [-0.2, -0.15) is 8.78 Å². The van der Waals surface area contributed by atoms with Gasteiger partial charge in [0.1, 0.15) is 11.5 Å². The Balaban J connectivity index is 2.03. The second-order valence-corrected chi connectivity index (χ2v) is 5.96. The van der Waals surface area contributed by atoms with E-state index >= 15 is 0 Å². The topological polar surface area (TPSA) is 92.7 Å². The molecule has 0 aliphatic heterocycles. The molecular weight excluding hydrogens is 373 g/mol. The van der Waals surface area contributed by atoms with Gasteiger partial charge < -0.3 is 10.6 Å². The number of anilines is 3. The molecule has 0 spiro atoms. The van der Waals surface area contributed by atoms with Crippen LogP contribution in [-0.4, -0.2) is 25.8 Å². The summed E-state index contributed by atoms with van der Waals surface area (Å²) in [6.45, 7) is 2.07. The third-order valence-electron chi connectivity index (χ3n) is 3.56. The van der Waals surface area contributed by atoms with Crippen LogP contribution < -0.4 is 10.6 Å². The van der Waals surface area contributed by atoms with E-state index in [9.17, 15) is 18.0 Å². The molecule has 28 heavy (non-hydrogen) atoms. The Morgan fingerprint density at radius 3 is 2.43 bits per heavy atom. The number of halogens is 3. The molecule has 3 heterocycles. The highest BCUT2D eigenvalue weighted by Crippen LogP contribution is 2.31. The zero-order valence-corrected chi connectivity index (χ0v) is 14.9. The SMILES string of the molecule is CC(=O)Nc1cc(Nc2ccnc(C(C)(F)F)c2)c(-c2ncc(F)cn2)cn1. The molecule has 7 nitrogen and oxygen atoms in total. The smallest absolute Gasteiger partial charge is 0.287 e. The monoisotopic (exact) mass is 388 g/mol. The minimum atomic E-state index is -3.11. The molecule has 3 aromatic rings. The molecule has 0 unspecified atom stereocenters. The number of carbonyl (C=O) groups is 1. The van der Waals surface area contributed by atoms with Gasteiger partial charge in [-0.15, -0.1) is 0 Å².